The summed E-state index contributed by atoms with van der Waals surface area (Å²) in [7, 11) is -0.205. The summed E-state index contributed by atoms with van der Waals surface area (Å²) >= 11 is 2.14. The van der Waals surface area contributed by atoms with Gasteiger partial charge in [0.15, 0.2) is 11.4 Å². The van der Waals surface area contributed by atoms with Crippen molar-refractivity contribution in [2.24, 2.45) is 5.92 Å². The highest BCUT2D eigenvalue weighted by Gasteiger charge is 2.44. The van der Waals surface area contributed by atoms with Gasteiger partial charge >= 0.3 is 0 Å². The second kappa shape index (κ2) is 9.82. The Morgan fingerprint density at radius 3 is 2.71 bits per heavy atom. The van der Waals surface area contributed by atoms with Crippen LogP contribution >= 0.6 is 22.6 Å². The van der Waals surface area contributed by atoms with E-state index < -0.39 is 14.8 Å². The largest absolute Gasteiger partial charge is 0.451 e. The lowest BCUT2D eigenvalue weighted by Crippen LogP contribution is -2.45. The summed E-state index contributed by atoms with van der Waals surface area (Å²) in [6.07, 6.45) is 13.1. The lowest BCUT2D eigenvalue weighted by atomic mass is 9.94. The number of carbonyl (C=O) groups excluding carboxylic acids is 1. The van der Waals surface area contributed by atoms with E-state index >= 15 is 0 Å². The maximum absolute atomic E-state index is 13.7. The van der Waals surface area contributed by atoms with Crippen LogP contribution in [-0.4, -0.2) is 64.0 Å². The summed E-state index contributed by atoms with van der Waals surface area (Å²) in [6.45, 7) is 2.80. The lowest BCUT2D eigenvalue weighted by molar-refractivity contribution is -0.124. The predicted molar refractivity (Wildman–Crippen MR) is 139 cm³/mol. The van der Waals surface area contributed by atoms with Gasteiger partial charge in [-0.25, -0.2) is 17.4 Å². The fraction of sp³-hybridized carbons (Fsp3) is 0.417. The number of rotatable bonds is 7. The number of ketones is 1. The number of allylic oxidation sites excluding steroid dienone is 4. The summed E-state index contributed by atoms with van der Waals surface area (Å²) in [5, 5.41) is 0.513. The monoisotopic (exact) mass is 597 g/mol. The first-order valence-electron chi connectivity index (χ1n) is 11.0. The molecule has 182 valence electrons. The van der Waals surface area contributed by atoms with Gasteiger partial charge in [0, 0.05) is 51.8 Å². The Balaban J connectivity index is 1.72. The zero-order chi connectivity index (χ0) is 24.5. The second-order valence-corrected chi connectivity index (χ2v) is 12.4. The molecule has 0 radical (unpaired) electrons. The van der Waals surface area contributed by atoms with Crippen molar-refractivity contribution in [2.45, 2.75) is 28.4 Å². The zero-order valence-corrected chi connectivity index (χ0v) is 22.3. The molecule has 0 amide bonds. The molecule has 1 saturated heterocycles. The minimum absolute atomic E-state index is 0.0894. The minimum atomic E-state index is -3.84. The van der Waals surface area contributed by atoms with E-state index in [4.69, 9.17) is 9.47 Å². The number of aromatic nitrogens is 2. The number of ether oxygens (including phenoxy) is 2. The molecule has 1 aliphatic carbocycles. The molecular formula is C24H28IN3O5S. The molecule has 1 aliphatic heterocycles. The molecular weight excluding hydrogens is 569 g/mol. The molecule has 2 aliphatic rings. The van der Waals surface area contributed by atoms with Gasteiger partial charge in [-0.05, 0) is 31.9 Å². The fourth-order valence-corrected chi connectivity index (χ4v) is 7.10. The molecule has 2 aromatic rings. The molecule has 34 heavy (non-hydrogen) atoms. The van der Waals surface area contributed by atoms with Crippen LogP contribution in [0, 0.1) is 5.92 Å². The average molecular weight is 597 g/mol. The van der Waals surface area contributed by atoms with Crippen molar-refractivity contribution in [2.75, 3.05) is 27.3 Å². The first-order chi connectivity index (χ1) is 16.1. The molecule has 8 nitrogen and oxygen atoms in total. The number of Topliss-reactive ketones (excluding diaryl/α,β-unsaturated/α-hetero) is 1. The first-order valence-corrected chi connectivity index (χ1v) is 13.7. The number of hydrogen-bond donors (Lipinski definition) is 0. The van der Waals surface area contributed by atoms with Gasteiger partial charge in [0.05, 0.1) is 9.31 Å². The standard InChI is InChI=1S/C24H28IN3O5S/c1-24(11-5-4-6-21(24)25)34(30,31)28-13-8-18-19(7-12-26-23(18)28)33-20(16-27(2)3)22(29)17-9-14-32-15-10-17/h4-8,11-13,16-17,21H,9-10,14-15H2,1-3H3. The average Bonchev–Trinajstić information content (AvgIpc) is 3.26. The topological polar surface area (TPSA) is 90.7 Å². The number of nitrogens with zero attached hydrogens (tertiary/aromatic N) is 3. The number of pyridine rings is 1. The van der Waals surface area contributed by atoms with Gasteiger partial charge in [-0.15, -0.1) is 0 Å². The van der Waals surface area contributed by atoms with E-state index in [-0.39, 0.29) is 27.0 Å². The highest BCUT2D eigenvalue weighted by molar-refractivity contribution is 14.1. The molecule has 0 aromatic carbocycles. The van der Waals surface area contributed by atoms with Crippen LogP contribution in [0.5, 0.6) is 5.75 Å². The molecule has 0 N–H and O–H groups in total. The van der Waals surface area contributed by atoms with Crippen molar-refractivity contribution < 1.29 is 22.7 Å². The summed E-state index contributed by atoms with van der Waals surface area (Å²) in [5.41, 5.74) is 0.257. The lowest BCUT2D eigenvalue weighted by Gasteiger charge is -2.31. The van der Waals surface area contributed by atoms with E-state index in [1.54, 1.807) is 42.3 Å². The van der Waals surface area contributed by atoms with E-state index in [0.717, 1.165) is 0 Å². The maximum atomic E-state index is 13.7. The van der Waals surface area contributed by atoms with Crippen molar-refractivity contribution in [3.8, 4) is 5.75 Å². The van der Waals surface area contributed by atoms with E-state index in [1.807, 2.05) is 26.2 Å². The van der Waals surface area contributed by atoms with Crippen molar-refractivity contribution >= 4 is 49.4 Å². The van der Waals surface area contributed by atoms with Crippen LogP contribution in [-0.2, 0) is 19.6 Å². The van der Waals surface area contributed by atoms with Gasteiger partial charge in [-0.3, -0.25) is 4.79 Å². The molecule has 2 atom stereocenters. The van der Waals surface area contributed by atoms with Gasteiger partial charge in [-0.1, -0.05) is 46.9 Å². The van der Waals surface area contributed by atoms with Crippen LogP contribution in [0.1, 0.15) is 19.8 Å². The van der Waals surface area contributed by atoms with Crippen LogP contribution in [0.15, 0.2) is 60.8 Å². The van der Waals surface area contributed by atoms with Gasteiger partial charge in [0.2, 0.25) is 5.78 Å². The minimum Gasteiger partial charge on any atom is -0.451 e. The third-order valence-corrected chi connectivity index (χ3v) is 10.6. The van der Waals surface area contributed by atoms with Gasteiger partial charge in [0.1, 0.15) is 10.5 Å². The molecule has 1 fully saturated rings. The Hall–Kier alpha value is -2.18. The number of alkyl halides is 1. The number of fused-ring (bicyclic) bond motifs is 1. The van der Waals surface area contributed by atoms with E-state index in [0.29, 0.717) is 37.2 Å². The Morgan fingerprint density at radius 1 is 1.29 bits per heavy atom. The highest BCUT2D eigenvalue weighted by Crippen LogP contribution is 2.37. The van der Waals surface area contributed by atoms with Gasteiger partial charge in [0.25, 0.3) is 10.0 Å². The van der Waals surface area contributed by atoms with Crippen molar-refractivity contribution in [3.05, 3.63) is 60.8 Å². The predicted octanol–water partition coefficient (Wildman–Crippen LogP) is 3.68. The summed E-state index contributed by atoms with van der Waals surface area (Å²) in [4.78, 5) is 19.3. The maximum Gasteiger partial charge on any atom is 0.250 e. The summed E-state index contributed by atoms with van der Waals surface area (Å²) in [6, 6.07) is 3.31. The summed E-state index contributed by atoms with van der Waals surface area (Å²) in [5.74, 6) is 0.324. The van der Waals surface area contributed by atoms with Crippen LogP contribution in [0.25, 0.3) is 11.0 Å². The SMILES string of the molecule is CN(C)C=C(Oc1ccnc2c1ccn2S(=O)(=O)C1(C)C=CC=CC1I)C(=O)C1CCOCC1. The van der Waals surface area contributed by atoms with E-state index in [2.05, 4.69) is 27.6 Å². The van der Waals surface area contributed by atoms with Gasteiger partial charge in [-0.2, -0.15) is 0 Å². The van der Waals surface area contributed by atoms with Crippen LogP contribution in [0.3, 0.4) is 0 Å². The van der Waals surface area contributed by atoms with Crippen LogP contribution in [0.4, 0.5) is 0 Å². The third kappa shape index (κ3) is 4.55. The molecule has 3 heterocycles. The second-order valence-electron chi connectivity index (χ2n) is 8.80. The summed E-state index contributed by atoms with van der Waals surface area (Å²) < 4.78 is 38.7. The molecule has 0 spiro atoms. The van der Waals surface area contributed by atoms with Crippen LogP contribution < -0.4 is 4.74 Å². The Bertz CT molecular complexity index is 1270. The molecule has 2 aromatic heterocycles. The van der Waals surface area contributed by atoms with Gasteiger partial charge < -0.3 is 14.4 Å². The number of hydrogen-bond acceptors (Lipinski definition) is 7. The van der Waals surface area contributed by atoms with Crippen molar-refractivity contribution in [1.82, 2.24) is 13.9 Å². The number of halogens is 1. The zero-order valence-electron chi connectivity index (χ0n) is 19.3. The first kappa shape index (κ1) is 24.9. The van der Waals surface area contributed by atoms with Crippen molar-refractivity contribution in [1.29, 1.82) is 0 Å². The number of carbonyl (C=O) groups is 1. The molecule has 0 saturated carbocycles. The smallest absolute Gasteiger partial charge is 0.250 e. The van der Waals surface area contributed by atoms with Crippen LogP contribution in [0.2, 0.25) is 0 Å². The Kier molecular flexibility index (Phi) is 7.20. The van der Waals surface area contributed by atoms with Crippen molar-refractivity contribution in [3.63, 3.8) is 0 Å². The quantitative estimate of drug-likeness (QED) is 0.208. The normalized spacial score (nSPS) is 23.9. The molecule has 0 bridgehead atoms. The Labute approximate surface area is 213 Å². The van der Waals surface area contributed by atoms with E-state index in [1.165, 1.54) is 16.4 Å². The Morgan fingerprint density at radius 2 is 2.03 bits per heavy atom. The highest BCUT2D eigenvalue weighted by atomic mass is 127. The molecule has 4 rings (SSSR count). The third-order valence-electron chi connectivity index (χ3n) is 6.13. The molecule has 10 heteroatoms. The van der Waals surface area contributed by atoms with E-state index in [9.17, 15) is 13.2 Å². The molecule has 2 unspecified atom stereocenters. The fourth-order valence-electron chi connectivity index (χ4n) is 4.06.